The molecule has 0 aliphatic carbocycles. The molecule has 2 aromatic heterocycles. The fraction of sp³-hybridized carbons (Fsp3) is 0. The van der Waals surface area contributed by atoms with E-state index in [-0.39, 0.29) is 22.5 Å². The molecule has 0 saturated heterocycles. The molecule has 27 heavy (non-hydrogen) atoms. The molecule has 0 atom stereocenters. The molecule has 0 saturated carbocycles. The molecular formula is C18H10ClN5O3. The van der Waals surface area contributed by atoms with Gasteiger partial charge in [-0.2, -0.15) is 0 Å². The zero-order valence-corrected chi connectivity index (χ0v) is 14.4. The summed E-state index contributed by atoms with van der Waals surface area (Å²) in [5, 5.41) is 18.8. The lowest BCUT2D eigenvalue weighted by atomic mass is 10.2. The first-order valence-electron chi connectivity index (χ1n) is 7.78. The first-order valence-corrected chi connectivity index (χ1v) is 8.15. The normalized spacial score (nSPS) is 11.7. The third-order valence-electron chi connectivity index (χ3n) is 3.70. The van der Waals surface area contributed by atoms with E-state index in [2.05, 4.69) is 20.2 Å². The van der Waals surface area contributed by atoms with Gasteiger partial charge in [-0.3, -0.25) is 15.1 Å². The first-order chi connectivity index (χ1) is 13.1. The number of hydrogen-bond acceptors (Lipinski definition) is 7. The van der Waals surface area contributed by atoms with Crippen LogP contribution < -0.4 is 0 Å². The number of halogens is 1. The Bertz CT molecular complexity index is 1170. The lowest BCUT2D eigenvalue weighted by Crippen LogP contribution is -1.87. The molecule has 0 radical (unpaired) electrons. The molecule has 8 nitrogen and oxygen atoms in total. The Hall–Kier alpha value is -3.65. The predicted octanol–water partition coefficient (Wildman–Crippen LogP) is 4.32. The highest BCUT2D eigenvalue weighted by molar-refractivity contribution is 6.50. The van der Waals surface area contributed by atoms with Crippen LogP contribution >= 0.6 is 11.6 Å². The third-order valence-corrected chi connectivity index (χ3v) is 3.97. The van der Waals surface area contributed by atoms with Gasteiger partial charge in [-0.15, -0.1) is 10.2 Å². The van der Waals surface area contributed by atoms with Crippen LogP contribution in [-0.4, -0.2) is 25.1 Å². The summed E-state index contributed by atoms with van der Waals surface area (Å²) < 4.78 is 5.55. The van der Waals surface area contributed by atoms with E-state index in [4.69, 9.17) is 16.0 Å². The smallest absolute Gasteiger partial charge is 0.269 e. The largest absolute Gasteiger partial charge is 0.415 e. The molecule has 2 heterocycles. The van der Waals surface area contributed by atoms with Crippen LogP contribution in [-0.2, 0) is 0 Å². The average molecular weight is 380 g/mol. The summed E-state index contributed by atoms with van der Waals surface area (Å²) in [6.07, 6.45) is 3.17. The zero-order chi connectivity index (χ0) is 18.8. The highest BCUT2D eigenvalue weighted by Gasteiger charge is 2.13. The van der Waals surface area contributed by atoms with Gasteiger partial charge in [0.15, 0.2) is 0 Å². The fourth-order valence-electron chi connectivity index (χ4n) is 2.39. The summed E-state index contributed by atoms with van der Waals surface area (Å²) in [4.78, 5) is 19.0. The van der Waals surface area contributed by atoms with Gasteiger partial charge in [0, 0.05) is 17.7 Å². The number of rotatable bonds is 4. The molecule has 2 aromatic carbocycles. The summed E-state index contributed by atoms with van der Waals surface area (Å²) in [7, 11) is 0. The van der Waals surface area contributed by atoms with Crippen molar-refractivity contribution in [1.29, 1.82) is 0 Å². The summed E-state index contributed by atoms with van der Waals surface area (Å²) in [6, 6.07) is 13.3. The Balaban J connectivity index is 1.61. The SMILES string of the molecule is O=[N+]([O-])c1ccc(-c2nnc(/C(Cl)=C/c3cnc4ccccc4n3)o2)cc1. The Morgan fingerprint density at radius 1 is 1.07 bits per heavy atom. The molecule has 0 N–H and O–H groups in total. The van der Waals surface area contributed by atoms with E-state index in [1.807, 2.05) is 24.3 Å². The fourth-order valence-corrected chi connectivity index (χ4v) is 2.58. The van der Waals surface area contributed by atoms with Gasteiger partial charge in [0.05, 0.1) is 27.8 Å². The average Bonchev–Trinajstić information content (AvgIpc) is 3.18. The molecular weight excluding hydrogens is 370 g/mol. The molecule has 0 aliphatic rings. The molecule has 9 heteroatoms. The van der Waals surface area contributed by atoms with Gasteiger partial charge in [0.1, 0.15) is 5.03 Å². The number of aromatic nitrogens is 4. The van der Waals surface area contributed by atoms with Crippen LogP contribution in [0, 0.1) is 10.1 Å². The molecule has 4 rings (SSSR count). The van der Waals surface area contributed by atoms with Crippen molar-refractivity contribution in [2.45, 2.75) is 0 Å². The van der Waals surface area contributed by atoms with E-state index in [1.54, 1.807) is 12.3 Å². The maximum absolute atomic E-state index is 10.7. The minimum absolute atomic E-state index is 0.0219. The van der Waals surface area contributed by atoms with E-state index in [0.29, 0.717) is 11.3 Å². The number of benzene rings is 2. The highest BCUT2D eigenvalue weighted by atomic mass is 35.5. The minimum atomic E-state index is -0.479. The van der Waals surface area contributed by atoms with Crippen LogP contribution in [0.15, 0.2) is 59.1 Å². The van der Waals surface area contributed by atoms with Crippen molar-refractivity contribution < 1.29 is 9.34 Å². The quantitative estimate of drug-likeness (QED) is 0.383. The molecule has 0 amide bonds. The van der Waals surface area contributed by atoms with Gasteiger partial charge in [0.25, 0.3) is 11.6 Å². The second-order valence-corrected chi connectivity index (χ2v) is 5.90. The van der Waals surface area contributed by atoms with Crippen molar-refractivity contribution in [3.63, 3.8) is 0 Å². The summed E-state index contributed by atoms with van der Waals surface area (Å²) in [6.45, 7) is 0. The van der Waals surface area contributed by atoms with E-state index in [1.165, 1.54) is 24.3 Å². The monoisotopic (exact) mass is 379 g/mol. The third kappa shape index (κ3) is 3.51. The Morgan fingerprint density at radius 2 is 1.81 bits per heavy atom. The van der Waals surface area contributed by atoms with Crippen LogP contribution in [0.2, 0.25) is 0 Å². The van der Waals surface area contributed by atoms with Crippen LogP contribution in [0.3, 0.4) is 0 Å². The Morgan fingerprint density at radius 3 is 2.56 bits per heavy atom. The van der Waals surface area contributed by atoms with Crippen molar-refractivity contribution in [3.8, 4) is 11.5 Å². The second kappa shape index (κ2) is 6.93. The van der Waals surface area contributed by atoms with Crippen LogP contribution in [0.5, 0.6) is 0 Å². The minimum Gasteiger partial charge on any atom is -0.415 e. The number of nitrogens with zero attached hydrogens (tertiary/aromatic N) is 5. The molecule has 4 aromatic rings. The molecule has 0 spiro atoms. The zero-order valence-electron chi connectivity index (χ0n) is 13.6. The number of hydrogen-bond donors (Lipinski definition) is 0. The summed E-state index contributed by atoms with van der Waals surface area (Å²) in [5.74, 6) is 0.316. The topological polar surface area (TPSA) is 108 Å². The predicted molar refractivity (Wildman–Crippen MR) is 99.7 cm³/mol. The Labute approximate surface area is 157 Å². The van der Waals surface area contributed by atoms with Crippen molar-refractivity contribution >= 4 is 39.4 Å². The molecule has 0 bridgehead atoms. The van der Waals surface area contributed by atoms with Gasteiger partial charge in [-0.05, 0) is 30.3 Å². The van der Waals surface area contributed by atoms with Gasteiger partial charge in [-0.25, -0.2) is 4.98 Å². The van der Waals surface area contributed by atoms with Gasteiger partial charge in [-0.1, -0.05) is 23.7 Å². The summed E-state index contributed by atoms with van der Waals surface area (Å²) in [5.41, 5.74) is 2.60. The molecule has 132 valence electrons. The molecule has 0 unspecified atom stereocenters. The molecule has 0 fully saturated rings. The standard InChI is InChI=1S/C18H10ClN5O3/c19-14(9-12-10-20-15-3-1-2-4-16(15)21-12)18-23-22-17(27-18)11-5-7-13(8-6-11)24(25)26/h1-10H/b14-9-. The maximum atomic E-state index is 10.7. The van der Waals surface area contributed by atoms with Gasteiger partial charge in [0.2, 0.25) is 5.89 Å². The highest BCUT2D eigenvalue weighted by Crippen LogP contribution is 2.26. The van der Waals surface area contributed by atoms with Crippen molar-refractivity contribution in [3.05, 3.63) is 76.4 Å². The maximum Gasteiger partial charge on any atom is 0.269 e. The van der Waals surface area contributed by atoms with Crippen LogP contribution in [0.4, 0.5) is 5.69 Å². The number of nitro benzene ring substituents is 1. The Kier molecular flexibility index (Phi) is 4.31. The number of nitro groups is 1. The second-order valence-electron chi connectivity index (χ2n) is 5.49. The van der Waals surface area contributed by atoms with E-state index >= 15 is 0 Å². The summed E-state index contributed by atoms with van der Waals surface area (Å²) >= 11 is 6.27. The van der Waals surface area contributed by atoms with Crippen molar-refractivity contribution in [1.82, 2.24) is 20.2 Å². The lowest BCUT2D eigenvalue weighted by molar-refractivity contribution is -0.384. The molecule has 0 aliphatic heterocycles. The van der Waals surface area contributed by atoms with Crippen LogP contribution in [0.1, 0.15) is 11.6 Å². The van der Waals surface area contributed by atoms with Crippen molar-refractivity contribution in [2.24, 2.45) is 0 Å². The van der Waals surface area contributed by atoms with Crippen LogP contribution in [0.25, 0.3) is 33.6 Å². The van der Waals surface area contributed by atoms with Gasteiger partial charge < -0.3 is 4.42 Å². The van der Waals surface area contributed by atoms with E-state index < -0.39 is 4.92 Å². The lowest BCUT2D eigenvalue weighted by Gasteiger charge is -1.98. The number of para-hydroxylation sites is 2. The first kappa shape index (κ1) is 16.8. The number of fused-ring (bicyclic) bond motifs is 1. The number of non-ortho nitro benzene ring substituents is 1. The van der Waals surface area contributed by atoms with E-state index in [0.717, 1.165) is 11.0 Å². The van der Waals surface area contributed by atoms with Gasteiger partial charge >= 0.3 is 0 Å². The van der Waals surface area contributed by atoms with E-state index in [9.17, 15) is 10.1 Å². The van der Waals surface area contributed by atoms with Crippen molar-refractivity contribution in [2.75, 3.05) is 0 Å².